The van der Waals surface area contributed by atoms with Crippen molar-refractivity contribution in [3.8, 4) is 0 Å². The smallest absolute Gasteiger partial charge is 0.169 e. The van der Waals surface area contributed by atoms with Gasteiger partial charge in [-0.05, 0) is 37.5 Å². The number of rotatable bonds is 3. The number of ketones is 1. The molecular formula is C12H14FNO. The van der Waals surface area contributed by atoms with Gasteiger partial charge < -0.3 is 5.73 Å². The Kier molecular flexibility index (Phi) is 2.25. The Morgan fingerprint density at radius 3 is 2.67 bits per heavy atom. The summed E-state index contributed by atoms with van der Waals surface area (Å²) in [7, 11) is 0. The highest BCUT2D eigenvalue weighted by Gasteiger charge is 2.47. The van der Waals surface area contributed by atoms with Gasteiger partial charge in [-0.2, -0.15) is 0 Å². The fourth-order valence-electron chi connectivity index (χ4n) is 1.87. The normalized spacial score (nSPS) is 17.5. The minimum atomic E-state index is -0.507. The van der Waals surface area contributed by atoms with E-state index in [9.17, 15) is 9.18 Å². The van der Waals surface area contributed by atoms with Gasteiger partial charge in [0.15, 0.2) is 5.78 Å². The van der Waals surface area contributed by atoms with Gasteiger partial charge in [0.1, 0.15) is 5.82 Å². The number of nitrogens with two attached hydrogens (primary N) is 1. The number of hydrogen-bond donors (Lipinski definition) is 1. The number of carbonyl (C=O) groups is 1. The van der Waals surface area contributed by atoms with E-state index in [4.69, 9.17) is 5.73 Å². The molecule has 3 heteroatoms. The lowest BCUT2D eigenvalue weighted by atomic mass is 9.92. The molecule has 2 N–H and O–H groups in total. The first-order valence-electron chi connectivity index (χ1n) is 5.19. The number of benzene rings is 1. The van der Waals surface area contributed by atoms with Gasteiger partial charge in [-0.15, -0.1) is 0 Å². The summed E-state index contributed by atoms with van der Waals surface area (Å²) in [5, 5.41) is 0. The molecule has 0 amide bonds. The average molecular weight is 207 g/mol. The summed E-state index contributed by atoms with van der Waals surface area (Å²) in [4.78, 5) is 12.0. The number of carbonyl (C=O) groups excluding carboxylic acids is 1. The maximum absolute atomic E-state index is 13.2. The molecule has 1 saturated carbocycles. The van der Waals surface area contributed by atoms with E-state index in [1.165, 1.54) is 12.1 Å². The summed E-state index contributed by atoms with van der Waals surface area (Å²) in [6, 6.07) is 4.30. The van der Waals surface area contributed by atoms with Gasteiger partial charge >= 0.3 is 0 Å². The third-order valence-corrected chi connectivity index (χ3v) is 3.27. The molecule has 0 aliphatic heterocycles. The largest absolute Gasteiger partial charge is 0.396 e. The van der Waals surface area contributed by atoms with Crippen molar-refractivity contribution < 1.29 is 9.18 Å². The second kappa shape index (κ2) is 3.33. The van der Waals surface area contributed by atoms with Crippen LogP contribution in [0.4, 0.5) is 10.1 Å². The van der Waals surface area contributed by atoms with E-state index in [-0.39, 0.29) is 16.9 Å². The molecule has 1 aromatic carbocycles. The van der Waals surface area contributed by atoms with Crippen molar-refractivity contribution in [2.75, 3.05) is 5.73 Å². The Hall–Kier alpha value is -1.38. The molecule has 0 unspecified atom stereocenters. The van der Waals surface area contributed by atoms with Crippen molar-refractivity contribution in [2.24, 2.45) is 5.41 Å². The highest BCUT2D eigenvalue weighted by atomic mass is 19.1. The van der Waals surface area contributed by atoms with Crippen LogP contribution >= 0.6 is 0 Å². The van der Waals surface area contributed by atoms with E-state index in [2.05, 4.69) is 0 Å². The third-order valence-electron chi connectivity index (χ3n) is 3.27. The van der Waals surface area contributed by atoms with Crippen molar-refractivity contribution in [3.63, 3.8) is 0 Å². The molecule has 0 atom stereocenters. The summed E-state index contributed by atoms with van der Waals surface area (Å²) in [6.07, 6.45) is 2.68. The van der Waals surface area contributed by atoms with Crippen LogP contribution in [0.25, 0.3) is 0 Å². The number of halogens is 1. The maximum Gasteiger partial charge on any atom is 0.169 e. The Morgan fingerprint density at radius 2 is 2.20 bits per heavy atom. The van der Waals surface area contributed by atoms with Crippen LogP contribution in [0.15, 0.2) is 18.2 Å². The zero-order valence-electron chi connectivity index (χ0n) is 8.72. The van der Waals surface area contributed by atoms with Gasteiger partial charge in [0, 0.05) is 11.0 Å². The first-order chi connectivity index (χ1) is 7.09. The average Bonchev–Trinajstić information content (AvgIpc) is 3.02. The number of anilines is 1. The summed E-state index contributed by atoms with van der Waals surface area (Å²) in [5.74, 6) is -0.448. The van der Waals surface area contributed by atoms with Crippen molar-refractivity contribution in [2.45, 2.75) is 26.2 Å². The Bertz CT molecular complexity index is 410. The predicted molar refractivity (Wildman–Crippen MR) is 57.1 cm³/mol. The van der Waals surface area contributed by atoms with Gasteiger partial charge in [-0.3, -0.25) is 4.79 Å². The molecule has 80 valence electrons. The van der Waals surface area contributed by atoms with Gasteiger partial charge in [0.25, 0.3) is 0 Å². The Morgan fingerprint density at radius 1 is 1.53 bits per heavy atom. The monoisotopic (exact) mass is 207 g/mol. The van der Waals surface area contributed by atoms with Crippen LogP contribution in [0.2, 0.25) is 0 Å². The highest BCUT2D eigenvalue weighted by molar-refractivity contribution is 6.02. The van der Waals surface area contributed by atoms with Crippen molar-refractivity contribution in [3.05, 3.63) is 29.6 Å². The molecule has 1 aliphatic carbocycles. The lowest BCUT2D eigenvalue weighted by molar-refractivity contribution is 0.0896. The molecule has 0 heterocycles. The molecule has 0 saturated heterocycles. The SMILES string of the molecule is CCC1(C(=O)c2ccc(N)c(F)c2)CC1. The lowest BCUT2D eigenvalue weighted by Gasteiger charge is -2.11. The molecule has 2 rings (SSSR count). The molecule has 1 fully saturated rings. The van der Waals surface area contributed by atoms with Crippen LogP contribution in [0, 0.1) is 11.2 Å². The van der Waals surface area contributed by atoms with Crippen LogP contribution in [0.5, 0.6) is 0 Å². The lowest BCUT2D eigenvalue weighted by Crippen LogP contribution is -2.15. The predicted octanol–water partition coefficient (Wildman–Crippen LogP) is 2.78. The van der Waals surface area contributed by atoms with E-state index in [1.807, 2.05) is 6.92 Å². The van der Waals surface area contributed by atoms with Gasteiger partial charge in [-0.1, -0.05) is 6.92 Å². The fraction of sp³-hybridized carbons (Fsp3) is 0.417. The molecule has 0 aromatic heterocycles. The molecule has 15 heavy (non-hydrogen) atoms. The topological polar surface area (TPSA) is 43.1 Å². The van der Waals surface area contributed by atoms with Gasteiger partial charge in [-0.25, -0.2) is 4.39 Å². The second-order valence-electron chi connectivity index (χ2n) is 4.20. The molecule has 2 nitrogen and oxygen atoms in total. The first-order valence-corrected chi connectivity index (χ1v) is 5.19. The quantitative estimate of drug-likeness (QED) is 0.611. The van der Waals surface area contributed by atoms with Crippen LogP contribution in [0.3, 0.4) is 0 Å². The zero-order chi connectivity index (χ0) is 11.1. The Labute approximate surface area is 88.3 Å². The number of Topliss-reactive ketones (excluding diaryl/α,β-unsaturated/α-hetero) is 1. The maximum atomic E-state index is 13.2. The van der Waals surface area contributed by atoms with Crippen molar-refractivity contribution in [1.82, 2.24) is 0 Å². The molecule has 0 spiro atoms. The van der Waals surface area contributed by atoms with E-state index in [0.29, 0.717) is 5.56 Å². The van der Waals surface area contributed by atoms with Crippen molar-refractivity contribution in [1.29, 1.82) is 0 Å². The number of hydrogen-bond acceptors (Lipinski definition) is 2. The fourth-order valence-corrected chi connectivity index (χ4v) is 1.87. The van der Waals surface area contributed by atoms with E-state index in [0.717, 1.165) is 19.3 Å². The van der Waals surface area contributed by atoms with E-state index < -0.39 is 5.82 Å². The zero-order valence-corrected chi connectivity index (χ0v) is 8.72. The standard InChI is InChI=1S/C12H14FNO/c1-2-12(5-6-12)11(15)8-3-4-10(14)9(13)7-8/h3-4,7H,2,5-6,14H2,1H3. The molecular weight excluding hydrogens is 193 g/mol. The minimum absolute atomic E-state index is 0.0592. The Balaban J connectivity index is 2.30. The van der Waals surface area contributed by atoms with Crippen LogP contribution in [-0.2, 0) is 0 Å². The molecule has 1 aliphatic rings. The summed E-state index contributed by atoms with van der Waals surface area (Å²) in [6.45, 7) is 2.00. The first kappa shape index (κ1) is 10.1. The van der Waals surface area contributed by atoms with Gasteiger partial charge in [0.2, 0.25) is 0 Å². The minimum Gasteiger partial charge on any atom is -0.396 e. The van der Waals surface area contributed by atoms with E-state index >= 15 is 0 Å². The van der Waals surface area contributed by atoms with E-state index in [1.54, 1.807) is 6.07 Å². The summed E-state index contributed by atoms with van der Waals surface area (Å²) >= 11 is 0. The van der Waals surface area contributed by atoms with Crippen LogP contribution in [0.1, 0.15) is 36.5 Å². The van der Waals surface area contributed by atoms with Crippen LogP contribution < -0.4 is 5.73 Å². The summed E-state index contributed by atoms with van der Waals surface area (Å²) in [5.41, 5.74) is 5.69. The second-order valence-corrected chi connectivity index (χ2v) is 4.20. The summed E-state index contributed by atoms with van der Waals surface area (Å²) < 4.78 is 13.2. The molecule has 1 aromatic rings. The van der Waals surface area contributed by atoms with Gasteiger partial charge in [0.05, 0.1) is 5.69 Å². The highest BCUT2D eigenvalue weighted by Crippen LogP contribution is 2.51. The van der Waals surface area contributed by atoms with Crippen LogP contribution in [-0.4, -0.2) is 5.78 Å². The number of nitrogen functional groups attached to an aromatic ring is 1. The molecule has 0 radical (unpaired) electrons. The van der Waals surface area contributed by atoms with Crippen molar-refractivity contribution >= 4 is 11.5 Å². The third kappa shape index (κ3) is 1.62. The molecule has 0 bridgehead atoms.